The van der Waals surface area contributed by atoms with E-state index in [0.717, 1.165) is 16.7 Å². The highest BCUT2D eigenvalue weighted by molar-refractivity contribution is 7.80. The van der Waals surface area contributed by atoms with E-state index in [1.807, 2.05) is 26.0 Å². The van der Waals surface area contributed by atoms with Crippen LogP contribution in [0.25, 0.3) is 0 Å². The second-order valence-electron chi connectivity index (χ2n) is 4.63. The Morgan fingerprint density at radius 3 is 2.26 bits per heavy atom. The summed E-state index contributed by atoms with van der Waals surface area (Å²) in [4.78, 5) is 11.8. The molecule has 0 saturated carbocycles. The number of carbonyl (C=O) groups excluding carboxylic acids is 1. The zero-order valence-corrected chi connectivity index (χ0v) is 12.5. The third-order valence-corrected chi connectivity index (χ3v) is 2.68. The Labute approximate surface area is 118 Å². The van der Waals surface area contributed by atoms with Crippen LogP contribution in [0.3, 0.4) is 0 Å². The average Bonchev–Trinajstić information content (AvgIpc) is 2.26. The number of nitrogens with two attached hydrogens (primary N) is 1. The lowest BCUT2D eigenvalue weighted by Crippen LogP contribution is -2.19. The van der Waals surface area contributed by atoms with Crippen LogP contribution < -0.4 is 10.5 Å². The first-order valence-electron chi connectivity index (χ1n) is 6.04. The van der Waals surface area contributed by atoms with Gasteiger partial charge in [-0.2, -0.15) is 0 Å². The fraction of sp³-hybridized carbons (Fsp3) is 0.429. The molecule has 1 rings (SSSR count). The summed E-state index contributed by atoms with van der Waals surface area (Å²) in [6.45, 7) is 7.26. The predicted octanol–water partition coefficient (Wildman–Crippen LogP) is 2.27. The number of thiocarbonyl (C=S) groups is 1. The standard InChI is InChI=1S/C14H19NO3S/c1-8(2)18-12(16)7-17-13-9(3)5-11(14(15)19)6-10(13)4/h5-6,8H,7H2,1-4H3,(H2,15,19). The van der Waals surface area contributed by atoms with Crippen molar-refractivity contribution >= 4 is 23.2 Å². The molecule has 0 aliphatic carbocycles. The van der Waals surface area contributed by atoms with Crippen molar-refractivity contribution < 1.29 is 14.3 Å². The zero-order chi connectivity index (χ0) is 14.6. The molecular weight excluding hydrogens is 262 g/mol. The highest BCUT2D eigenvalue weighted by Gasteiger charge is 2.11. The van der Waals surface area contributed by atoms with Crippen LogP contribution in [-0.4, -0.2) is 23.7 Å². The Morgan fingerprint density at radius 1 is 1.32 bits per heavy atom. The molecule has 0 fully saturated rings. The van der Waals surface area contributed by atoms with Crippen LogP contribution in [0.1, 0.15) is 30.5 Å². The molecule has 4 nitrogen and oxygen atoms in total. The molecule has 0 aromatic heterocycles. The van der Waals surface area contributed by atoms with E-state index in [1.165, 1.54) is 0 Å². The van der Waals surface area contributed by atoms with E-state index in [0.29, 0.717) is 10.7 Å². The minimum absolute atomic E-state index is 0.105. The van der Waals surface area contributed by atoms with Gasteiger partial charge in [-0.25, -0.2) is 4.79 Å². The van der Waals surface area contributed by atoms with E-state index in [2.05, 4.69) is 0 Å². The van der Waals surface area contributed by atoms with Crippen LogP contribution in [0.15, 0.2) is 12.1 Å². The number of esters is 1. The fourth-order valence-corrected chi connectivity index (χ4v) is 1.87. The summed E-state index contributed by atoms with van der Waals surface area (Å²) in [5.41, 5.74) is 8.17. The molecule has 104 valence electrons. The van der Waals surface area contributed by atoms with Crippen molar-refractivity contribution in [3.63, 3.8) is 0 Å². The quantitative estimate of drug-likeness (QED) is 0.662. The molecule has 0 bridgehead atoms. The summed E-state index contributed by atoms with van der Waals surface area (Å²) < 4.78 is 10.5. The molecule has 0 atom stereocenters. The maximum Gasteiger partial charge on any atom is 0.344 e. The minimum Gasteiger partial charge on any atom is -0.481 e. The largest absolute Gasteiger partial charge is 0.481 e. The molecule has 0 amide bonds. The Balaban J connectivity index is 2.79. The van der Waals surface area contributed by atoms with Crippen LogP contribution in [0.5, 0.6) is 5.75 Å². The first-order valence-corrected chi connectivity index (χ1v) is 6.45. The third kappa shape index (κ3) is 4.52. The molecule has 0 spiro atoms. The summed E-state index contributed by atoms with van der Waals surface area (Å²) in [5.74, 6) is 0.285. The average molecular weight is 281 g/mol. The lowest BCUT2D eigenvalue weighted by Gasteiger charge is -2.14. The molecule has 0 aliphatic heterocycles. The highest BCUT2D eigenvalue weighted by Crippen LogP contribution is 2.24. The van der Waals surface area contributed by atoms with Gasteiger partial charge in [0.15, 0.2) is 6.61 Å². The van der Waals surface area contributed by atoms with Crippen LogP contribution in [0.4, 0.5) is 0 Å². The van der Waals surface area contributed by atoms with Gasteiger partial charge in [0.2, 0.25) is 0 Å². The summed E-state index contributed by atoms with van der Waals surface area (Å²) in [5, 5.41) is 0. The highest BCUT2D eigenvalue weighted by atomic mass is 32.1. The van der Waals surface area contributed by atoms with Gasteiger partial charge in [-0.3, -0.25) is 0 Å². The molecular formula is C14H19NO3S. The number of carbonyl (C=O) groups is 1. The van der Waals surface area contributed by atoms with Crippen molar-refractivity contribution in [2.24, 2.45) is 5.73 Å². The lowest BCUT2D eigenvalue weighted by atomic mass is 10.1. The Kier molecular flexibility index (Phi) is 5.30. The van der Waals surface area contributed by atoms with Crippen molar-refractivity contribution in [1.29, 1.82) is 0 Å². The monoisotopic (exact) mass is 281 g/mol. The molecule has 19 heavy (non-hydrogen) atoms. The van der Waals surface area contributed by atoms with Crippen molar-refractivity contribution in [2.75, 3.05) is 6.61 Å². The smallest absolute Gasteiger partial charge is 0.344 e. The van der Waals surface area contributed by atoms with Gasteiger partial charge in [-0.15, -0.1) is 0 Å². The van der Waals surface area contributed by atoms with E-state index in [-0.39, 0.29) is 18.7 Å². The van der Waals surface area contributed by atoms with Gasteiger partial charge in [-0.1, -0.05) is 12.2 Å². The molecule has 1 aromatic carbocycles. The van der Waals surface area contributed by atoms with Gasteiger partial charge in [0, 0.05) is 5.56 Å². The summed E-state index contributed by atoms with van der Waals surface area (Å²) in [7, 11) is 0. The van der Waals surface area contributed by atoms with Crippen molar-refractivity contribution in [3.8, 4) is 5.75 Å². The number of hydrogen-bond donors (Lipinski definition) is 1. The second kappa shape index (κ2) is 6.52. The molecule has 0 unspecified atom stereocenters. The number of rotatable bonds is 5. The summed E-state index contributed by atoms with van der Waals surface area (Å²) in [6.07, 6.45) is -0.143. The van der Waals surface area contributed by atoms with E-state index in [9.17, 15) is 4.79 Å². The molecule has 5 heteroatoms. The van der Waals surface area contributed by atoms with Crippen LogP contribution in [-0.2, 0) is 9.53 Å². The van der Waals surface area contributed by atoms with Gasteiger partial charge < -0.3 is 15.2 Å². The summed E-state index contributed by atoms with van der Waals surface area (Å²) >= 11 is 4.94. The maximum atomic E-state index is 11.4. The normalized spacial score (nSPS) is 10.4. The van der Waals surface area contributed by atoms with Crippen molar-refractivity contribution in [3.05, 3.63) is 28.8 Å². The van der Waals surface area contributed by atoms with E-state index in [1.54, 1.807) is 13.8 Å². The molecule has 1 aromatic rings. The summed E-state index contributed by atoms with van der Waals surface area (Å²) in [6, 6.07) is 3.69. The second-order valence-corrected chi connectivity index (χ2v) is 5.07. The van der Waals surface area contributed by atoms with Crippen LogP contribution in [0.2, 0.25) is 0 Å². The number of hydrogen-bond acceptors (Lipinski definition) is 4. The number of benzene rings is 1. The molecule has 0 heterocycles. The lowest BCUT2D eigenvalue weighted by molar-refractivity contribution is -0.149. The van der Waals surface area contributed by atoms with Crippen molar-refractivity contribution in [1.82, 2.24) is 0 Å². The van der Waals surface area contributed by atoms with Crippen LogP contribution >= 0.6 is 12.2 Å². The van der Waals surface area contributed by atoms with Gasteiger partial charge in [0.1, 0.15) is 10.7 Å². The Morgan fingerprint density at radius 2 is 1.84 bits per heavy atom. The van der Waals surface area contributed by atoms with Crippen LogP contribution in [0, 0.1) is 13.8 Å². The van der Waals surface area contributed by atoms with E-state index in [4.69, 9.17) is 27.4 Å². The molecule has 0 aliphatic rings. The Bertz CT molecular complexity index is 474. The topological polar surface area (TPSA) is 61.5 Å². The molecule has 0 saturated heterocycles. The number of aryl methyl sites for hydroxylation is 2. The predicted molar refractivity (Wildman–Crippen MR) is 78.5 cm³/mol. The first-order chi connectivity index (χ1) is 8.81. The fourth-order valence-electron chi connectivity index (χ4n) is 1.75. The Hall–Kier alpha value is -1.62. The molecule has 2 N–H and O–H groups in total. The third-order valence-electron chi connectivity index (χ3n) is 2.45. The van der Waals surface area contributed by atoms with E-state index >= 15 is 0 Å². The minimum atomic E-state index is -0.382. The van der Waals surface area contributed by atoms with Gasteiger partial charge in [-0.05, 0) is 51.0 Å². The number of ether oxygens (including phenoxy) is 2. The van der Waals surface area contributed by atoms with Gasteiger partial charge in [0.25, 0.3) is 0 Å². The van der Waals surface area contributed by atoms with Gasteiger partial charge in [0.05, 0.1) is 6.10 Å². The van der Waals surface area contributed by atoms with E-state index < -0.39 is 0 Å². The van der Waals surface area contributed by atoms with Crippen molar-refractivity contribution in [2.45, 2.75) is 33.8 Å². The SMILES string of the molecule is Cc1cc(C(N)=S)cc(C)c1OCC(=O)OC(C)C. The van der Waals surface area contributed by atoms with Gasteiger partial charge >= 0.3 is 5.97 Å². The first kappa shape index (κ1) is 15.4. The zero-order valence-electron chi connectivity index (χ0n) is 11.6. The molecule has 0 radical (unpaired) electrons. The maximum absolute atomic E-state index is 11.4.